The van der Waals surface area contributed by atoms with Gasteiger partial charge in [-0.25, -0.2) is 31.9 Å². The van der Waals surface area contributed by atoms with Crippen LogP contribution in [0.4, 0.5) is 8.78 Å². The first-order valence-electron chi connectivity index (χ1n) is 10.4. The maximum Gasteiger partial charge on any atom is 0.244 e. The van der Waals surface area contributed by atoms with Crippen LogP contribution in [0, 0.1) is 18.3 Å². The van der Waals surface area contributed by atoms with Crippen molar-refractivity contribution in [3.63, 3.8) is 0 Å². The maximum absolute atomic E-state index is 12.8. The van der Waals surface area contributed by atoms with Gasteiger partial charge in [0, 0.05) is 11.4 Å². The van der Waals surface area contributed by atoms with E-state index in [1.54, 1.807) is 0 Å². The number of sulfonamides is 1. The molecule has 32 heavy (non-hydrogen) atoms. The smallest absolute Gasteiger partial charge is 0.244 e. The second-order valence-electron chi connectivity index (χ2n) is 8.03. The van der Waals surface area contributed by atoms with Crippen LogP contribution in [-0.2, 0) is 10.0 Å². The summed E-state index contributed by atoms with van der Waals surface area (Å²) in [5, 5.41) is 10.7. The summed E-state index contributed by atoms with van der Waals surface area (Å²) >= 11 is 0. The van der Waals surface area contributed by atoms with Crippen molar-refractivity contribution in [3.05, 3.63) is 41.7 Å². The Balaban J connectivity index is 1.83. The van der Waals surface area contributed by atoms with Crippen molar-refractivity contribution in [2.24, 2.45) is 0 Å². The van der Waals surface area contributed by atoms with Gasteiger partial charge in [0.25, 0.3) is 0 Å². The van der Waals surface area contributed by atoms with Gasteiger partial charge >= 0.3 is 0 Å². The lowest BCUT2D eigenvalue weighted by atomic mass is 10.1. The average Bonchev–Trinajstić information content (AvgIpc) is 3.42. The van der Waals surface area contributed by atoms with E-state index < -0.39 is 29.4 Å². The molecule has 1 aromatic carbocycles. The normalized spacial score (nSPS) is 15.0. The molecular weight excluding hydrogens is 436 g/mol. The molecule has 0 bridgehead atoms. The second kappa shape index (κ2) is 8.92. The fourth-order valence-electron chi connectivity index (χ4n) is 4.26. The fraction of sp³-hybridized carbons (Fsp3) is 0.409. The molecule has 2 heterocycles. The highest BCUT2D eigenvalue weighted by atomic mass is 32.2. The number of alkyl halides is 2. The minimum Gasteiger partial charge on any atom is -0.334 e. The topological polar surface area (TPSA) is 101 Å². The number of nitrogens with one attached hydrogen (secondary N) is 1. The van der Waals surface area contributed by atoms with E-state index in [-0.39, 0.29) is 16.8 Å². The predicted octanol–water partition coefficient (Wildman–Crippen LogP) is 3.98. The van der Waals surface area contributed by atoms with Crippen molar-refractivity contribution in [2.45, 2.75) is 49.6 Å². The zero-order valence-corrected chi connectivity index (χ0v) is 18.4. The van der Waals surface area contributed by atoms with Crippen LogP contribution in [0.1, 0.15) is 42.9 Å². The Morgan fingerprint density at radius 2 is 1.88 bits per heavy atom. The third-order valence-electron chi connectivity index (χ3n) is 5.81. The van der Waals surface area contributed by atoms with Gasteiger partial charge < -0.3 is 4.57 Å². The molecule has 0 spiro atoms. The number of rotatable bonds is 7. The highest BCUT2D eigenvalue weighted by molar-refractivity contribution is 7.89. The minimum atomic E-state index is -4.18. The number of nitrogens with zero attached hydrogens (tertiary/aromatic N) is 4. The van der Waals surface area contributed by atoms with E-state index in [0.717, 1.165) is 54.5 Å². The molecule has 0 aliphatic heterocycles. The summed E-state index contributed by atoms with van der Waals surface area (Å²) in [6.07, 6.45) is 6.32. The van der Waals surface area contributed by atoms with Crippen molar-refractivity contribution >= 4 is 20.9 Å². The Bertz CT molecular complexity index is 1270. The minimum absolute atomic E-state index is 0.194. The van der Waals surface area contributed by atoms with Crippen molar-refractivity contribution < 1.29 is 17.2 Å². The quantitative estimate of drug-likeness (QED) is 0.576. The molecule has 1 N–H and O–H groups in total. The van der Waals surface area contributed by atoms with Crippen LogP contribution in [-0.4, -0.2) is 42.3 Å². The first kappa shape index (κ1) is 22.3. The van der Waals surface area contributed by atoms with Crippen molar-refractivity contribution in [1.82, 2.24) is 19.3 Å². The van der Waals surface area contributed by atoms with E-state index in [1.807, 2.05) is 29.8 Å². The Hall–Kier alpha value is -2.90. The van der Waals surface area contributed by atoms with E-state index >= 15 is 0 Å². The van der Waals surface area contributed by atoms with Gasteiger partial charge in [0.2, 0.25) is 10.0 Å². The monoisotopic (exact) mass is 459 g/mol. The molecule has 0 unspecified atom stereocenters. The summed E-state index contributed by atoms with van der Waals surface area (Å²) in [5.41, 5.74) is 2.99. The van der Waals surface area contributed by atoms with Crippen LogP contribution >= 0.6 is 0 Å². The predicted molar refractivity (Wildman–Crippen MR) is 116 cm³/mol. The Kier molecular flexibility index (Phi) is 6.22. The molecule has 1 saturated carbocycles. The molecule has 0 saturated heterocycles. The summed E-state index contributed by atoms with van der Waals surface area (Å²) in [6, 6.07) is 6.90. The Morgan fingerprint density at radius 1 is 1.22 bits per heavy atom. The molecule has 7 nitrogen and oxygen atoms in total. The van der Waals surface area contributed by atoms with Gasteiger partial charge in [-0.1, -0.05) is 25.0 Å². The summed E-state index contributed by atoms with van der Waals surface area (Å²) < 4.78 is 54.4. The number of nitriles is 1. The SMILES string of the molecule is Cc1ccc2c(C#N)c(-c3ncc(S(=O)(=O)NC(CF)CF)cn3)n(C3CCCC3)c2c1. The molecule has 0 radical (unpaired) electrons. The number of hydrogen-bond acceptors (Lipinski definition) is 5. The zero-order chi connectivity index (χ0) is 22.9. The summed E-state index contributed by atoms with van der Waals surface area (Å²) in [7, 11) is -4.18. The van der Waals surface area contributed by atoms with E-state index in [2.05, 4.69) is 20.6 Å². The van der Waals surface area contributed by atoms with Gasteiger partial charge in [-0.2, -0.15) is 5.26 Å². The zero-order valence-electron chi connectivity index (χ0n) is 17.6. The first-order chi connectivity index (χ1) is 15.4. The third-order valence-corrected chi connectivity index (χ3v) is 7.28. The highest BCUT2D eigenvalue weighted by Crippen LogP contribution is 2.40. The van der Waals surface area contributed by atoms with Crippen LogP contribution < -0.4 is 4.72 Å². The number of hydrogen-bond donors (Lipinski definition) is 1. The van der Waals surface area contributed by atoms with Crippen molar-refractivity contribution in [1.29, 1.82) is 5.26 Å². The number of benzene rings is 1. The molecule has 1 aliphatic carbocycles. The Morgan fingerprint density at radius 3 is 2.47 bits per heavy atom. The highest BCUT2D eigenvalue weighted by Gasteiger charge is 2.28. The number of fused-ring (bicyclic) bond motifs is 1. The van der Waals surface area contributed by atoms with Gasteiger partial charge in [0.1, 0.15) is 30.0 Å². The number of aryl methyl sites for hydroxylation is 1. The lowest BCUT2D eigenvalue weighted by Crippen LogP contribution is -2.38. The number of aromatic nitrogens is 3. The van der Waals surface area contributed by atoms with Crippen LogP contribution in [0.5, 0.6) is 0 Å². The lowest BCUT2D eigenvalue weighted by Gasteiger charge is -2.18. The standard InChI is InChI=1S/C22H23F2N5O2S/c1-14-6-7-18-19(11-25)21(29(20(18)8-14)16-4-2-3-5-16)22-26-12-17(13-27-22)32(30,31)28-15(9-23)10-24/h6-8,12-13,15-16,28H,2-5,9-10H2,1H3. The first-order valence-corrected chi connectivity index (χ1v) is 11.9. The summed E-state index contributed by atoms with van der Waals surface area (Å²) in [4.78, 5) is 8.19. The largest absolute Gasteiger partial charge is 0.334 e. The third kappa shape index (κ3) is 3.98. The van der Waals surface area contributed by atoms with Crippen LogP contribution in [0.3, 0.4) is 0 Å². The molecule has 3 aromatic rings. The van der Waals surface area contributed by atoms with Gasteiger partial charge in [0.05, 0.1) is 29.5 Å². The summed E-state index contributed by atoms with van der Waals surface area (Å²) in [6.45, 7) is -0.343. The molecule has 4 rings (SSSR count). The number of halogens is 2. The van der Waals surface area contributed by atoms with Crippen molar-refractivity contribution in [3.8, 4) is 17.6 Å². The fourth-order valence-corrected chi connectivity index (χ4v) is 5.35. The second-order valence-corrected chi connectivity index (χ2v) is 9.75. The Labute approximate surface area is 185 Å². The molecule has 168 valence electrons. The van der Waals surface area contributed by atoms with E-state index in [0.29, 0.717) is 11.3 Å². The average molecular weight is 460 g/mol. The van der Waals surface area contributed by atoms with Gasteiger partial charge in [-0.3, -0.25) is 0 Å². The van der Waals surface area contributed by atoms with E-state index in [4.69, 9.17) is 0 Å². The lowest BCUT2D eigenvalue weighted by molar-refractivity contribution is 0.334. The van der Waals surface area contributed by atoms with Crippen LogP contribution in [0.15, 0.2) is 35.5 Å². The molecule has 0 amide bonds. The molecule has 1 aliphatic rings. The van der Waals surface area contributed by atoms with Gasteiger partial charge in [-0.15, -0.1) is 0 Å². The van der Waals surface area contributed by atoms with Crippen molar-refractivity contribution in [2.75, 3.05) is 13.3 Å². The summed E-state index contributed by atoms with van der Waals surface area (Å²) in [5.74, 6) is 0.230. The molecule has 1 fully saturated rings. The van der Waals surface area contributed by atoms with E-state index in [9.17, 15) is 22.5 Å². The van der Waals surface area contributed by atoms with Crippen LogP contribution in [0.25, 0.3) is 22.4 Å². The molecule has 10 heteroatoms. The van der Waals surface area contributed by atoms with Crippen LogP contribution in [0.2, 0.25) is 0 Å². The van der Waals surface area contributed by atoms with Gasteiger partial charge in [-0.05, 0) is 31.4 Å². The maximum atomic E-state index is 12.8. The molecule has 0 atom stereocenters. The van der Waals surface area contributed by atoms with Gasteiger partial charge in [0.15, 0.2) is 5.82 Å². The van der Waals surface area contributed by atoms with E-state index in [1.165, 1.54) is 0 Å². The molecular formula is C22H23F2N5O2S. The molecule has 2 aromatic heterocycles.